The minimum atomic E-state index is -0.592. The van der Waals surface area contributed by atoms with Gasteiger partial charge in [0.2, 0.25) is 0 Å². The largest absolute Gasteiger partial charge is 0.443 e. The first-order chi connectivity index (χ1) is 17.7. The molecule has 5 heteroatoms. The average molecular weight is 513 g/mol. The quantitative estimate of drug-likeness (QED) is 0.272. The summed E-state index contributed by atoms with van der Waals surface area (Å²) in [6, 6.07) is 31.2. The zero-order chi connectivity index (χ0) is 26.2. The molecule has 2 atom stereocenters. The number of hydrogen-bond donors (Lipinski definition) is 1. The van der Waals surface area contributed by atoms with Crippen LogP contribution in [0.5, 0.6) is 0 Å². The lowest BCUT2D eigenvalue weighted by atomic mass is 9.91. The monoisotopic (exact) mass is 512 g/mol. The molecule has 0 saturated carbocycles. The Labute approximate surface area is 224 Å². The highest BCUT2D eigenvalue weighted by Gasteiger charge is 2.39. The maximum Gasteiger partial charge on any atom is 0.414 e. The van der Waals surface area contributed by atoms with Crippen LogP contribution in [0.25, 0.3) is 10.8 Å². The molecule has 1 aliphatic rings. The molecule has 0 bridgehead atoms. The fourth-order valence-electron chi connectivity index (χ4n) is 5.17. The van der Waals surface area contributed by atoms with E-state index in [1.807, 2.05) is 45.9 Å². The summed E-state index contributed by atoms with van der Waals surface area (Å²) in [6.45, 7) is 8.16. The van der Waals surface area contributed by atoms with Crippen molar-refractivity contribution in [3.63, 3.8) is 0 Å². The van der Waals surface area contributed by atoms with Crippen LogP contribution in [0.4, 0.5) is 16.2 Å². The lowest BCUT2D eigenvalue weighted by Gasteiger charge is -2.26. The molecule has 0 aliphatic carbocycles. The predicted molar refractivity (Wildman–Crippen MR) is 154 cm³/mol. The number of carbonyl (C=O) groups is 1. The van der Waals surface area contributed by atoms with E-state index in [-0.39, 0.29) is 23.4 Å². The molecule has 5 rings (SSSR count). The first-order valence-electron chi connectivity index (χ1n) is 12.8. The van der Waals surface area contributed by atoms with E-state index in [2.05, 4.69) is 78.1 Å². The van der Waals surface area contributed by atoms with Gasteiger partial charge in [0.25, 0.3) is 0 Å². The lowest BCUT2D eigenvalue weighted by Crippen LogP contribution is -2.36. The molecule has 4 nitrogen and oxygen atoms in total. The molecule has 0 spiro atoms. The van der Waals surface area contributed by atoms with E-state index in [0.717, 1.165) is 38.8 Å². The molecule has 1 aliphatic heterocycles. The van der Waals surface area contributed by atoms with Crippen molar-refractivity contribution in [1.82, 2.24) is 0 Å². The van der Waals surface area contributed by atoms with E-state index in [0.29, 0.717) is 6.54 Å². The van der Waals surface area contributed by atoms with Crippen molar-refractivity contribution in [1.29, 1.82) is 0 Å². The smallest absolute Gasteiger partial charge is 0.414 e. The Bertz CT molecular complexity index is 1360. The summed E-state index contributed by atoms with van der Waals surface area (Å²) in [6.07, 6.45) is -0.350. The van der Waals surface area contributed by atoms with E-state index in [9.17, 15) is 4.79 Å². The van der Waals surface area contributed by atoms with Crippen LogP contribution >= 0.6 is 11.6 Å². The molecule has 1 amide bonds. The van der Waals surface area contributed by atoms with Crippen LogP contribution < -0.4 is 10.2 Å². The van der Waals surface area contributed by atoms with E-state index in [4.69, 9.17) is 16.3 Å². The van der Waals surface area contributed by atoms with Crippen LogP contribution in [-0.2, 0) is 4.74 Å². The number of rotatable bonds is 5. The Morgan fingerprint density at radius 3 is 2.00 bits per heavy atom. The molecule has 0 radical (unpaired) electrons. The Balaban J connectivity index is 1.67. The zero-order valence-corrected chi connectivity index (χ0v) is 22.5. The molecular weight excluding hydrogens is 480 g/mol. The minimum absolute atomic E-state index is 0.00202. The molecule has 0 saturated heterocycles. The summed E-state index contributed by atoms with van der Waals surface area (Å²) in [5.74, 6) is 0.00202. The standard InChI is InChI=1S/C32H33ClN2O2/c1-21(33)26-20-35(31(36)37-32(2,3)4)28-19-27(24-17-11-12-18-25(24)29(26)28)34-30(22-13-7-5-8-14-22)23-15-9-6-10-16-23/h5-19,21,26,30,34H,20H2,1-4H3/t21?,26-/m0/s1. The van der Waals surface area contributed by atoms with Crippen molar-refractivity contribution < 1.29 is 9.53 Å². The maximum atomic E-state index is 13.3. The van der Waals surface area contributed by atoms with Gasteiger partial charge < -0.3 is 10.1 Å². The first-order valence-corrected chi connectivity index (χ1v) is 13.2. The van der Waals surface area contributed by atoms with Crippen molar-refractivity contribution in [2.75, 3.05) is 16.8 Å². The molecule has 0 aromatic heterocycles. The third kappa shape index (κ3) is 5.17. The number of alkyl halides is 1. The topological polar surface area (TPSA) is 41.6 Å². The number of amides is 1. The van der Waals surface area contributed by atoms with Crippen LogP contribution in [-0.4, -0.2) is 23.6 Å². The van der Waals surface area contributed by atoms with Crippen LogP contribution in [0.3, 0.4) is 0 Å². The molecule has 1 N–H and O–H groups in total. The number of fused-ring (bicyclic) bond motifs is 3. The fourth-order valence-corrected chi connectivity index (χ4v) is 5.38. The minimum Gasteiger partial charge on any atom is -0.443 e. The van der Waals surface area contributed by atoms with Crippen molar-refractivity contribution in [3.8, 4) is 0 Å². The van der Waals surface area contributed by atoms with Gasteiger partial charge in [-0.3, -0.25) is 4.90 Å². The average Bonchev–Trinajstić information content (AvgIpc) is 3.27. The second kappa shape index (κ2) is 10.1. The van der Waals surface area contributed by atoms with Gasteiger partial charge in [-0.05, 0) is 55.8 Å². The Morgan fingerprint density at radius 1 is 0.919 bits per heavy atom. The van der Waals surface area contributed by atoms with Gasteiger partial charge in [0.15, 0.2) is 0 Å². The highest BCUT2D eigenvalue weighted by molar-refractivity contribution is 6.21. The van der Waals surface area contributed by atoms with Gasteiger partial charge in [-0.2, -0.15) is 0 Å². The summed E-state index contributed by atoms with van der Waals surface area (Å²) < 4.78 is 5.80. The van der Waals surface area contributed by atoms with E-state index in [1.54, 1.807) is 4.90 Å². The molecular formula is C32H33ClN2O2. The third-order valence-corrected chi connectivity index (χ3v) is 7.14. The van der Waals surface area contributed by atoms with Gasteiger partial charge in [0, 0.05) is 28.9 Å². The Hall–Kier alpha value is -3.50. The number of ether oxygens (including phenoxy) is 1. The second-order valence-corrected chi connectivity index (χ2v) is 11.4. The highest BCUT2D eigenvalue weighted by atomic mass is 35.5. The second-order valence-electron chi connectivity index (χ2n) is 10.7. The number of nitrogens with one attached hydrogen (secondary N) is 1. The Kier molecular flexibility index (Phi) is 6.87. The van der Waals surface area contributed by atoms with Gasteiger partial charge in [-0.25, -0.2) is 4.79 Å². The molecule has 1 heterocycles. The zero-order valence-electron chi connectivity index (χ0n) is 21.7. The van der Waals surface area contributed by atoms with Crippen molar-refractivity contribution >= 4 is 39.8 Å². The maximum absolute atomic E-state index is 13.3. The molecule has 4 aromatic rings. The van der Waals surface area contributed by atoms with Crippen LogP contribution in [0.2, 0.25) is 0 Å². The molecule has 190 valence electrons. The molecule has 1 unspecified atom stereocenters. The van der Waals surface area contributed by atoms with Crippen LogP contribution in [0.1, 0.15) is 56.3 Å². The third-order valence-electron chi connectivity index (χ3n) is 6.84. The van der Waals surface area contributed by atoms with Crippen molar-refractivity contribution in [3.05, 3.63) is 108 Å². The fraction of sp³-hybridized carbons (Fsp3) is 0.281. The summed E-state index contributed by atoms with van der Waals surface area (Å²) in [4.78, 5) is 15.1. The summed E-state index contributed by atoms with van der Waals surface area (Å²) >= 11 is 6.71. The van der Waals surface area contributed by atoms with Gasteiger partial charge >= 0.3 is 6.09 Å². The number of hydrogen-bond acceptors (Lipinski definition) is 3. The number of benzene rings is 4. The van der Waals surface area contributed by atoms with Gasteiger partial charge in [0.1, 0.15) is 5.60 Å². The van der Waals surface area contributed by atoms with E-state index >= 15 is 0 Å². The normalized spacial score (nSPS) is 16.1. The SMILES string of the molecule is CC(Cl)[C@@H]1CN(C(=O)OC(C)(C)C)c2cc(NC(c3ccccc3)c3ccccc3)c3ccccc3c21. The summed E-state index contributed by atoms with van der Waals surface area (Å²) in [7, 11) is 0. The van der Waals surface area contributed by atoms with Crippen LogP contribution in [0.15, 0.2) is 91.0 Å². The molecule has 37 heavy (non-hydrogen) atoms. The van der Waals surface area contributed by atoms with Gasteiger partial charge in [-0.15, -0.1) is 11.6 Å². The predicted octanol–water partition coefficient (Wildman–Crippen LogP) is 8.51. The van der Waals surface area contributed by atoms with Crippen molar-refractivity contribution in [2.45, 2.75) is 50.6 Å². The summed E-state index contributed by atoms with van der Waals surface area (Å²) in [5.41, 5.74) is 4.65. The number of nitrogens with zero attached hydrogens (tertiary/aromatic N) is 1. The lowest BCUT2D eigenvalue weighted by molar-refractivity contribution is 0.0582. The first kappa shape index (κ1) is 25.2. The highest BCUT2D eigenvalue weighted by Crippen LogP contribution is 2.47. The Morgan fingerprint density at radius 2 is 1.46 bits per heavy atom. The summed E-state index contributed by atoms with van der Waals surface area (Å²) in [5, 5.41) is 5.89. The van der Waals surface area contributed by atoms with Crippen LogP contribution in [0, 0.1) is 0 Å². The van der Waals surface area contributed by atoms with Gasteiger partial charge in [-0.1, -0.05) is 84.9 Å². The molecule has 0 fully saturated rings. The van der Waals surface area contributed by atoms with E-state index < -0.39 is 5.60 Å². The van der Waals surface area contributed by atoms with Crippen molar-refractivity contribution in [2.24, 2.45) is 0 Å². The number of anilines is 2. The molecule has 4 aromatic carbocycles. The van der Waals surface area contributed by atoms with Gasteiger partial charge in [0.05, 0.1) is 11.7 Å². The number of halogens is 1. The number of carbonyl (C=O) groups excluding carboxylic acids is 1. The van der Waals surface area contributed by atoms with E-state index in [1.165, 1.54) is 0 Å².